The van der Waals surface area contributed by atoms with Gasteiger partial charge in [-0.05, 0) is 0 Å². The number of hydrogen-bond acceptors (Lipinski definition) is 6. The van der Waals surface area contributed by atoms with E-state index in [0.717, 1.165) is 4.53 Å². The summed E-state index contributed by atoms with van der Waals surface area (Å²) in [5, 5.41) is 0. The summed E-state index contributed by atoms with van der Waals surface area (Å²) >= 11 is 5.70. The number of hydrazine groups is 1. The Labute approximate surface area is 89.2 Å². The molecule has 2 N–H and O–H groups in total. The molecule has 0 aliphatic rings. The minimum absolute atomic E-state index is 0.164. The summed E-state index contributed by atoms with van der Waals surface area (Å²) in [6.07, 6.45) is 2.88. The first kappa shape index (κ1) is 9.81. The van der Waals surface area contributed by atoms with Gasteiger partial charge >= 0.3 is 0 Å². The van der Waals surface area contributed by atoms with Crippen molar-refractivity contribution in [1.82, 2.24) is 25.4 Å². The van der Waals surface area contributed by atoms with Gasteiger partial charge < -0.3 is 0 Å². The Morgan fingerprint density at radius 1 is 1.47 bits per heavy atom. The van der Waals surface area contributed by atoms with Crippen molar-refractivity contribution < 1.29 is 0 Å². The molecule has 0 unspecified atom stereocenters. The molecule has 2 heterocycles. The van der Waals surface area contributed by atoms with Crippen LogP contribution >= 0.6 is 11.8 Å². The molecule has 0 saturated heterocycles. The predicted octanol–water partition coefficient (Wildman–Crippen LogP) is -0.192. The van der Waals surface area contributed by atoms with Gasteiger partial charge in [-0.25, -0.2) is 15.4 Å². The normalized spacial score (nSPS) is 10.5. The van der Waals surface area contributed by atoms with Gasteiger partial charge in [-0.3, -0.25) is 9.78 Å². The van der Waals surface area contributed by atoms with Crippen molar-refractivity contribution in [2.75, 3.05) is 11.6 Å². The van der Waals surface area contributed by atoms with E-state index < -0.39 is 0 Å². The second-order valence-corrected chi connectivity index (χ2v) is 2.96. The van der Waals surface area contributed by atoms with Crippen LogP contribution < -0.4 is 15.5 Å². The molecule has 15 heavy (non-hydrogen) atoms. The maximum atomic E-state index is 11.5. The van der Waals surface area contributed by atoms with E-state index in [2.05, 4.69) is 25.4 Å². The van der Waals surface area contributed by atoms with Crippen molar-refractivity contribution in [3.8, 4) is 0 Å². The first-order valence-corrected chi connectivity index (χ1v) is 4.40. The Morgan fingerprint density at radius 3 is 2.93 bits per heavy atom. The minimum atomic E-state index is -0.385. The number of anilines is 1. The van der Waals surface area contributed by atoms with Crippen LogP contribution in [0.2, 0.25) is 0 Å². The van der Waals surface area contributed by atoms with Gasteiger partial charge in [-0.2, -0.15) is 9.51 Å². The first-order valence-electron chi connectivity index (χ1n) is 4.06. The van der Waals surface area contributed by atoms with Crippen LogP contribution in [0.25, 0.3) is 11.2 Å². The number of nitrogens with one attached hydrogen (secondary N) is 2. The van der Waals surface area contributed by atoms with Crippen LogP contribution in [0.15, 0.2) is 17.2 Å². The smallest absolute Gasteiger partial charge is 0.280 e. The average Bonchev–Trinajstić information content (AvgIpc) is 2.28. The third-order valence-corrected chi connectivity index (χ3v) is 2.04. The molecule has 7 nitrogen and oxygen atoms in total. The fourth-order valence-electron chi connectivity index (χ4n) is 1.06. The van der Waals surface area contributed by atoms with Crippen molar-refractivity contribution in [2.24, 2.45) is 0 Å². The zero-order chi connectivity index (χ0) is 10.8. The van der Waals surface area contributed by atoms with Crippen LogP contribution in [0.5, 0.6) is 0 Å². The van der Waals surface area contributed by atoms with Crippen LogP contribution in [0.1, 0.15) is 0 Å². The highest BCUT2D eigenvalue weighted by atomic mass is 35.5. The lowest BCUT2D eigenvalue weighted by atomic mass is 10.5. The van der Waals surface area contributed by atoms with E-state index in [1.807, 2.05) is 0 Å². The Hall–Kier alpha value is -1.73. The minimum Gasteiger partial charge on any atom is -0.288 e. The number of nitrogens with zero attached hydrogens (tertiary/aromatic N) is 4. The van der Waals surface area contributed by atoms with Crippen LogP contribution in [-0.4, -0.2) is 27.0 Å². The Bertz CT molecular complexity index is 540. The molecule has 0 saturated carbocycles. The Balaban J connectivity index is 2.67. The van der Waals surface area contributed by atoms with E-state index in [1.54, 1.807) is 7.05 Å². The lowest BCUT2D eigenvalue weighted by Gasteiger charge is -2.11. The number of aromatic amines is 1. The van der Waals surface area contributed by atoms with Gasteiger partial charge in [-0.1, -0.05) is 0 Å². The fourth-order valence-corrected chi connectivity index (χ4v) is 1.14. The topological polar surface area (TPSA) is 86.8 Å². The second-order valence-electron chi connectivity index (χ2n) is 2.62. The highest BCUT2D eigenvalue weighted by Gasteiger charge is 2.08. The van der Waals surface area contributed by atoms with Gasteiger partial charge in [0.15, 0.2) is 11.2 Å². The molecule has 8 heteroatoms. The molecular weight excluding hydrogens is 220 g/mol. The molecular formula is C7H7ClN6O. The molecule has 0 atom stereocenters. The molecule has 2 rings (SSSR count). The quantitative estimate of drug-likeness (QED) is 0.545. The van der Waals surface area contributed by atoms with E-state index in [-0.39, 0.29) is 22.7 Å². The molecule has 0 fully saturated rings. The second kappa shape index (κ2) is 3.79. The number of halogens is 1. The van der Waals surface area contributed by atoms with Crippen molar-refractivity contribution >= 4 is 28.9 Å². The third-order valence-electron chi connectivity index (χ3n) is 1.71. The molecule has 0 bridgehead atoms. The van der Waals surface area contributed by atoms with Crippen LogP contribution in [0.3, 0.4) is 0 Å². The maximum Gasteiger partial charge on any atom is 0.280 e. The highest BCUT2D eigenvalue weighted by molar-refractivity contribution is 6.24. The Morgan fingerprint density at radius 2 is 2.20 bits per heavy atom. The number of aromatic nitrogens is 4. The monoisotopic (exact) mass is 226 g/mol. The predicted molar refractivity (Wildman–Crippen MR) is 55.3 cm³/mol. The van der Waals surface area contributed by atoms with Gasteiger partial charge in [0.05, 0.1) is 0 Å². The fraction of sp³-hybridized carbons (Fsp3) is 0.143. The van der Waals surface area contributed by atoms with Crippen molar-refractivity contribution in [3.63, 3.8) is 0 Å². The zero-order valence-electron chi connectivity index (χ0n) is 7.73. The lowest BCUT2D eigenvalue weighted by molar-refractivity contribution is 0.847. The zero-order valence-corrected chi connectivity index (χ0v) is 8.49. The van der Waals surface area contributed by atoms with Gasteiger partial charge in [-0.15, -0.1) is 0 Å². The number of rotatable bonds is 2. The lowest BCUT2D eigenvalue weighted by Crippen LogP contribution is -2.29. The number of hydrogen-bond donors (Lipinski definition) is 2. The Kier molecular flexibility index (Phi) is 2.48. The van der Waals surface area contributed by atoms with Gasteiger partial charge in [0.25, 0.3) is 5.56 Å². The number of H-pyrrole nitrogens is 1. The molecule has 0 radical (unpaired) electrons. The maximum absolute atomic E-state index is 11.5. The van der Waals surface area contributed by atoms with E-state index in [1.165, 1.54) is 12.4 Å². The summed E-state index contributed by atoms with van der Waals surface area (Å²) in [6.45, 7) is 0. The molecule has 2 aromatic rings. The molecule has 0 spiro atoms. The summed E-state index contributed by atoms with van der Waals surface area (Å²) < 4.78 is 1.05. The molecule has 0 aromatic carbocycles. The molecule has 0 aliphatic heterocycles. The van der Waals surface area contributed by atoms with Crippen molar-refractivity contribution in [3.05, 3.63) is 22.7 Å². The van der Waals surface area contributed by atoms with Crippen LogP contribution in [0, 0.1) is 0 Å². The summed E-state index contributed by atoms with van der Waals surface area (Å²) in [7, 11) is 1.59. The average molecular weight is 227 g/mol. The van der Waals surface area contributed by atoms with E-state index in [4.69, 9.17) is 11.8 Å². The first-order chi connectivity index (χ1) is 7.22. The van der Waals surface area contributed by atoms with Gasteiger partial charge in [0.1, 0.15) is 0 Å². The van der Waals surface area contributed by atoms with E-state index >= 15 is 0 Å². The molecule has 0 aliphatic carbocycles. The largest absolute Gasteiger partial charge is 0.288 e. The van der Waals surface area contributed by atoms with Crippen molar-refractivity contribution in [2.45, 2.75) is 0 Å². The SMILES string of the molecule is CNN(Cl)c1nc2nccnc2c(=O)[nH]1. The van der Waals surface area contributed by atoms with Gasteiger partial charge in [0, 0.05) is 31.2 Å². The standard InChI is InChI=1S/C7H7ClN6O/c1-9-14(8)7-12-5-4(6(15)13-7)10-2-3-11-5/h2-3,9H,1H3,(H,11,12,13,15). The van der Waals surface area contributed by atoms with E-state index in [0.29, 0.717) is 0 Å². The number of fused-ring (bicyclic) bond motifs is 1. The molecule has 2 aromatic heterocycles. The molecule has 78 valence electrons. The van der Waals surface area contributed by atoms with Gasteiger partial charge in [0.2, 0.25) is 5.95 Å². The summed E-state index contributed by atoms with van der Waals surface area (Å²) in [5.74, 6) is 0.164. The van der Waals surface area contributed by atoms with E-state index in [9.17, 15) is 4.79 Å². The van der Waals surface area contributed by atoms with Crippen LogP contribution in [-0.2, 0) is 0 Å². The van der Waals surface area contributed by atoms with Crippen LogP contribution in [0.4, 0.5) is 5.95 Å². The summed E-state index contributed by atoms with van der Waals surface area (Å²) in [6, 6.07) is 0. The highest BCUT2D eigenvalue weighted by Crippen LogP contribution is 2.07. The van der Waals surface area contributed by atoms with Crippen molar-refractivity contribution in [1.29, 1.82) is 0 Å². The third kappa shape index (κ3) is 1.74. The summed E-state index contributed by atoms with van der Waals surface area (Å²) in [4.78, 5) is 25.8. The summed E-state index contributed by atoms with van der Waals surface area (Å²) in [5.41, 5.74) is 2.64. The molecule has 0 amide bonds.